The van der Waals surface area contributed by atoms with Crippen molar-refractivity contribution in [1.82, 2.24) is 0 Å². The Morgan fingerprint density at radius 2 is 2.06 bits per heavy atom. The molecule has 0 aliphatic carbocycles. The number of benzene rings is 1. The molecular weight excluding hydrogens is 232 g/mol. The number of nitrogens with one attached hydrogen (secondary N) is 1. The lowest BCUT2D eigenvalue weighted by atomic mass is 9.98. The van der Waals surface area contributed by atoms with Crippen molar-refractivity contribution in [3.63, 3.8) is 0 Å². The van der Waals surface area contributed by atoms with E-state index in [1.54, 1.807) is 18.7 Å². The molecule has 0 radical (unpaired) electrons. The van der Waals surface area contributed by atoms with E-state index in [0.717, 1.165) is 11.4 Å². The Balaban J connectivity index is 2.36. The molecule has 0 saturated heterocycles. The highest BCUT2D eigenvalue weighted by Crippen LogP contribution is 2.34. The predicted octanol–water partition coefficient (Wildman–Crippen LogP) is 1.70. The molecule has 18 heavy (non-hydrogen) atoms. The van der Waals surface area contributed by atoms with E-state index in [0.29, 0.717) is 0 Å². The summed E-state index contributed by atoms with van der Waals surface area (Å²) in [5.41, 5.74) is 0.878. The summed E-state index contributed by atoms with van der Waals surface area (Å²) in [5.74, 6) is -1.01. The minimum absolute atomic E-state index is 0.0594. The number of rotatable bonds is 3. The van der Waals surface area contributed by atoms with Gasteiger partial charge in [-0.15, -0.1) is 0 Å². The average molecular weight is 248 g/mol. The molecule has 0 atom stereocenters. The average Bonchev–Trinajstić information content (AvgIpc) is 2.29. The molecule has 1 heterocycles. The summed E-state index contributed by atoms with van der Waals surface area (Å²) in [4.78, 5) is 24.5. The van der Waals surface area contributed by atoms with Crippen molar-refractivity contribution in [2.24, 2.45) is 0 Å². The summed E-state index contributed by atoms with van der Waals surface area (Å²) in [6.45, 7) is 3.77. The van der Waals surface area contributed by atoms with E-state index in [4.69, 9.17) is 5.11 Å². The predicted molar refractivity (Wildman–Crippen MR) is 68.7 cm³/mol. The standard InChI is InChI=1S/C13H16N2O3/c1-13(2)12(18)15(8-7-11(16)17)10-6-4-3-5-9(10)14-13/h3-6,14H,7-8H2,1-2H3,(H,16,17). The summed E-state index contributed by atoms with van der Waals surface area (Å²) in [6, 6.07) is 7.42. The van der Waals surface area contributed by atoms with E-state index in [1.165, 1.54) is 0 Å². The van der Waals surface area contributed by atoms with Crippen molar-refractivity contribution in [2.75, 3.05) is 16.8 Å². The molecule has 5 heteroatoms. The number of para-hydroxylation sites is 2. The zero-order chi connectivity index (χ0) is 13.3. The number of anilines is 2. The summed E-state index contributed by atoms with van der Waals surface area (Å²) in [6.07, 6.45) is -0.0594. The maximum atomic E-state index is 12.3. The van der Waals surface area contributed by atoms with Gasteiger partial charge in [-0.3, -0.25) is 9.59 Å². The molecule has 2 N–H and O–H groups in total. The van der Waals surface area contributed by atoms with Crippen molar-refractivity contribution in [2.45, 2.75) is 25.8 Å². The number of carbonyl (C=O) groups is 2. The number of carboxylic acids is 1. The summed E-state index contributed by atoms with van der Waals surface area (Å²) in [7, 11) is 0. The lowest BCUT2D eigenvalue weighted by Crippen LogP contribution is -2.54. The Morgan fingerprint density at radius 3 is 2.72 bits per heavy atom. The SMILES string of the molecule is CC1(C)Nc2ccccc2N(CCC(=O)O)C1=O. The monoisotopic (exact) mass is 248 g/mol. The number of hydrogen-bond donors (Lipinski definition) is 2. The van der Waals surface area contributed by atoms with Crippen molar-refractivity contribution in [3.8, 4) is 0 Å². The van der Waals surface area contributed by atoms with Crippen LogP contribution in [0.5, 0.6) is 0 Å². The van der Waals surface area contributed by atoms with Gasteiger partial charge in [0.25, 0.3) is 5.91 Å². The fourth-order valence-electron chi connectivity index (χ4n) is 2.08. The van der Waals surface area contributed by atoms with Crippen LogP contribution in [-0.4, -0.2) is 29.1 Å². The lowest BCUT2D eigenvalue weighted by molar-refractivity contribution is -0.136. The Morgan fingerprint density at radius 1 is 1.39 bits per heavy atom. The van der Waals surface area contributed by atoms with Gasteiger partial charge in [-0.05, 0) is 26.0 Å². The molecule has 0 aromatic heterocycles. The van der Waals surface area contributed by atoms with Gasteiger partial charge in [0.05, 0.1) is 17.8 Å². The van der Waals surface area contributed by atoms with Crippen LogP contribution in [0.15, 0.2) is 24.3 Å². The number of aliphatic carboxylic acids is 1. The third-order valence-electron chi connectivity index (χ3n) is 2.97. The normalized spacial score (nSPS) is 17.0. The first-order valence-corrected chi connectivity index (χ1v) is 5.83. The number of nitrogens with zero attached hydrogens (tertiary/aromatic N) is 1. The Labute approximate surface area is 105 Å². The second kappa shape index (κ2) is 4.33. The minimum atomic E-state index is -0.906. The van der Waals surface area contributed by atoms with Gasteiger partial charge in [0.15, 0.2) is 0 Å². The number of carbonyl (C=O) groups excluding carboxylic acids is 1. The van der Waals surface area contributed by atoms with E-state index in [2.05, 4.69) is 5.32 Å². The van der Waals surface area contributed by atoms with Crippen molar-refractivity contribution in [1.29, 1.82) is 0 Å². The van der Waals surface area contributed by atoms with Crippen LogP contribution in [0.3, 0.4) is 0 Å². The van der Waals surface area contributed by atoms with Crippen molar-refractivity contribution in [3.05, 3.63) is 24.3 Å². The first kappa shape index (κ1) is 12.4. The fourth-order valence-corrected chi connectivity index (χ4v) is 2.08. The molecular formula is C13H16N2O3. The number of hydrogen-bond acceptors (Lipinski definition) is 3. The lowest BCUT2D eigenvalue weighted by Gasteiger charge is -2.39. The third kappa shape index (κ3) is 2.16. The van der Waals surface area contributed by atoms with Gasteiger partial charge in [-0.1, -0.05) is 12.1 Å². The molecule has 1 aromatic rings. The molecule has 1 aliphatic heterocycles. The summed E-state index contributed by atoms with van der Waals surface area (Å²) < 4.78 is 0. The van der Waals surface area contributed by atoms with E-state index in [9.17, 15) is 9.59 Å². The van der Waals surface area contributed by atoms with Crippen LogP contribution in [0.1, 0.15) is 20.3 Å². The van der Waals surface area contributed by atoms with Crippen LogP contribution >= 0.6 is 0 Å². The first-order chi connectivity index (χ1) is 8.42. The molecule has 5 nitrogen and oxygen atoms in total. The summed E-state index contributed by atoms with van der Waals surface area (Å²) >= 11 is 0. The van der Waals surface area contributed by atoms with Crippen molar-refractivity contribution < 1.29 is 14.7 Å². The Bertz CT molecular complexity index is 497. The summed E-state index contributed by atoms with van der Waals surface area (Å²) in [5, 5.41) is 11.9. The molecule has 96 valence electrons. The second-order valence-electron chi connectivity index (χ2n) is 4.87. The maximum absolute atomic E-state index is 12.3. The van der Waals surface area contributed by atoms with Gasteiger partial charge in [0.1, 0.15) is 5.54 Å². The molecule has 1 aromatic carbocycles. The highest BCUT2D eigenvalue weighted by Gasteiger charge is 2.38. The van der Waals surface area contributed by atoms with E-state index in [1.807, 2.05) is 24.3 Å². The van der Waals surface area contributed by atoms with Crippen LogP contribution in [0.2, 0.25) is 0 Å². The Kier molecular flexibility index (Phi) is 2.98. The molecule has 0 spiro atoms. The zero-order valence-electron chi connectivity index (χ0n) is 10.4. The highest BCUT2D eigenvalue weighted by molar-refractivity contribution is 6.07. The van der Waals surface area contributed by atoms with Crippen LogP contribution in [0, 0.1) is 0 Å². The fraction of sp³-hybridized carbons (Fsp3) is 0.385. The first-order valence-electron chi connectivity index (χ1n) is 5.83. The molecule has 0 unspecified atom stereocenters. The van der Waals surface area contributed by atoms with Crippen molar-refractivity contribution >= 4 is 23.3 Å². The van der Waals surface area contributed by atoms with Crippen LogP contribution in [0.25, 0.3) is 0 Å². The molecule has 1 amide bonds. The van der Waals surface area contributed by atoms with Gasteiger partial charge in [-0.25, -0.2) is 0 Å². The topological polar surface area (TPSA) is 69.6 Å². The molecule has 0 bridgehead atoms. The molecule has 0 fully saturated rings. The largest absolute Gasteiger partial charge is 0.481 e. The highest BCUT2D eigenvalue weighted by atomic mass is 16.4. The molecule has 0 saturated carbocycles. The third-order valence-corrected chi connectivity index (χ3v) is 2.97. The van der Waals surface area contributed by atoms with Gasteiger partial charge in [-0.2, -0.15) is 0 Å². The molecule has 2 rings (SSSR count). The van der Waals surface area contributed by atoms with E-state index < -0.39 is 11.5 Å². The zero-order valence-corrected chi connectivity index (χ0v) is 10.4. The van der Waals surface area contributed by atoms with Gasteiger partial charge in [0.2, 0.25) is 0 Å². The maximum Gasteiger partial charge on any atom is 0.305 e. The Hall–Kier alpha value is -2.04. The van der Waals surface area contributed by atoms with E-state index >= 15 is 0 Å². The number of carboxylic acid groups (broad SMARTS) is 1. The molecule has 1 aliphatic rings. The van der Waals surface area contributed by atoms with Gasteiger partial charge in [0, 0.05) is 6.54 Å². The number of fused-ring (bicyclic) bond motifs is 1. The van der Waals surface area contributed by atoms with E-state index in [-0.39, 0.29) is 18.9 Å². The van der Waals surface area contributed by atoms with Gasteiger partial charge < -0.3 is 15.3 Å². The quantitative estimate of drug-likeness (QED) is 0.854. The van der Waals surface area contributed by atoms with Crippen LogP contribution in [0.4, 0.5) is 11.4 Å². The van der Waals surface area contributed by atoms with Crippen LogP contribution in [-0.2, 0) is 9.59 Å². The second-order valence-corrected chi connectivity index (χ2v) is 4.87. The van der Waals surface area contributed by atoms with Gasteiger partial charge >= 0.3 is 5.97 Å². The minimum Gasteiger partial charge on any atom is -0.481 e. The van der Waals surface area contributed by atoms with Crippen LogP contribution < -0.4 is 10.2 Å². The smallest absolute Gasteiger partial charge is 0.305 e. The number of amides is 1.